The summed E-state index contributed by atoms with van der Waals surface area (Å²) in [6, 6.07) is 0. The predicted molar refractivity (Wildman–Crippen MR) is 279 cm³/mol. The Bertz CT molecular complexity index is 1140. The fourth-order valence-corrected chi connectivity index (χ4v) is 8.14. The second-order valence-corrected chi connectivity index (χ2v) is 18.8. The Morgan fingerprint density at radius 2 is 0.600 bits per heavy atom. The van der Waals surface area contributed by atoms with Gasteiger partial charge in [-0.2, -0.15) is 0 Å². The van der Waals surface area contributed by atoms with Gasteiger partial charge in [0.2, 0.25) is 0 Å². The first-order valence-electron chi connectivity index (χ1n) is 28.1. The van der Waals surface area contributed by atoms with Crippen molar-refractivity contribution < 1.29 is 28.6 Å². The van der Waals surface area contributed by atoms with Gasteiger partial charge in [0, 0.05) is 19.3 Å². The van der Waals surface area contributed by atoms with Crippen LogP contribution in [0.3, 0.4) is 0 Å². The summed E-state index contributed by atoms with van der Waals surface area (Å²) in [5.74, 6) is -0.865. The van der Waals surface area contributed by atoms with Gasteiger partial charge < -0.3 is 14.2 Å². The van der Waals surface area contributed by atoms with E-state index in [4.69, 9.17) is 14.2 Å². The molecule has 65 heavy (non-hydrogen) atoms. The lowest BCUT2D eigenvalue weighted by molar-refractivity contribution is -0.167. The molecule has 1 atom stereocenters. The molecular weight excluding hydrogens is 805 g/mol. The van der Waals surface area contributed by atoms with Crippen LogP contribution >= 0.6 is 0 Å². The number of ether oxygens (including phenoxy) is 3. The molecule has 378 valence electrons. The van der Waals surface area contributed by atoms with E-state index in [0.717, 1.165) is 89.9 Å². The summed E-state index contributed by atoms with van der Waals surface area (Å²) in [7, 11) is 0. The summed E-state index contributed by atoms with van der Waals surface area (Å²) in [5.41, 5.74) is 0. The molecule has 0 aromatic rings. The van der Waals surface area contributed by atoms with Crippen LogP contribution in [0.1, 0.15) is 290 Å². The van der Waals surface area contributed by atoms with Crippen LogP contribution in [-0.2, 0) is 28.6 Å². The maximum absolute atomic E-state index is 12.8. The van der Waals surface area contributed by atoms with Crippen LogP contribution < -0.4 is 0 Å². The number of allylic oxidation sites excluding steroid dienone is 8. The van der Waals surface area contributed by atoms with Gasteiger partial charge in [0.15, 0.2) is 6.10 Å². The number of unbranched alkanes of at least 4 members (excludes halogenated alkanes) is 32. The lowest BCUT2D eigenvalue weighted by atomic mass is 10.0. The summed E-state index contributed by atoms with van der Waals surface area (Å²) >= 11 is 0. The Kier molecular flexibility index (Phi) is 51.8. The second kappa shape index (κ2) is 54.0. The molecule has 0 fully saturated rings. The third-order valence-electron chi connectivity index (χ3n) is 12.3. The van der Waals surface area contributed by atoms with Crippen LogP contribution in [-0.4, -0.2) is 37.2 Å². The van der Waals surface area contributed by atoms with Crippen LogP contribution in [0.25, 0.3) is 0 Å². The van der Waals surface area contributed by atoms with E-state index in [-0.39, 0.29) is 31.1 Å². The number of esters is 3. The van der Waals surface area contributed by atoms with Gasteiger partial charge >= 0.3 is 17.9 Å². The van der Waals surface area contributed by atoms with Gasteiger partial charge in [-0.25, -0.2) is 0 Å². The van der Waals surface area contributed by atoms with E-state index in [2.05, 4.69) is 69.4 Å². The van der Waals surface area contributed by atoms with Gasteiger partial charge in [0.1, 0.15) is 13.2 Å². The van der Waals surface area contributed by atoms with Gasteiger partial charge in [-0.1, -0.05) is 262 Å². The van der Waals surface area contributed by atoms with Gasteiger partial charge in [0.25, 0.3) is 0 Å². The van der Waals surface area contributed by atoms with Gasteiger partial charge in [-0.05, 0) is 57.8 Å². The van der Waals surface area contributed by atoms with E-state index >= 15 is 0 Å². The minimum atomic E-state index is -0.771. The monoisotopic (exact) mass is 911 g/mol. The predicted octanol–water partition coefficient (Wildman–Crippen LogP) is 18.7. The van der Waals surface area contributed by atoms with E-state index in [1.54, 1.807) is 0 Å². The van der Waals surface area contributed by atoms with Gasteiger partial charge in [-0.15, -0.1) is 0 Å². The zero-order chi connectivity index (χ0) is 47.2. The Morgan fingerprint density at radius 3 is 0.938 bits per heavy atom. The van der Waals surface area contributed by atoms with E-state index in [1.807, 2.05) is 0 Å². The normalized spacial score (nSPS) is 12.4. The smallest absolute Gasteiger partial charge is 0.306 e. The lowest BCUT2D eigenvalue weighted by Crippen LogP contribution is -2.30. The molecule has 0 radical (unpaired) electrons. The van der Waals surface area contributed by atoms with Crippen LogP contribution in [0, 0.1) is 0 Å². The molecule has 0 aromatic heterocycles. The molecule has 1 unspecified atom stereocenters. The van der Waals surface area contributed by atoms with Crippen LogP contribution in [0.2, 0.25) is 0 Å². The summed E-state index contributed by atoms with van der Waals surface area (Å²) < 4.78 is 16.9. The Balaban J connectivity index is 4.31. The molecule has 0 heterocycles. The van der Waals surface area contributed by atoms with Crippen molar-refractivity contribution in [1.82, 2.24) is 0 Å². The highest BCUT2D eigenvalue weighted by Crippen LogP contribution is 2.16. The Morgan fingerprint density at radius 1 is 0.323 bits per heavy atom. The second-order valence-electron chi connectivity index (χ2n) is 18.8. The molecule has 0 aliphatic rings. The third kappa shape index (κ3) is 52.2. The van der Waals surface area contributed by atoms with Crippen molar-refractivity contribution in [2.45, 2.75) is 297 Å². The molecule has 6 heteroatoms. The lowest BCUT2D eigenvalue weighted by Gasteiger charge is -2.18. The molecule has 0 bridgehead atoms. The summed E-state index contributed by atoms with van der Waals surface area (Å²) in [6.07, 6.45) is 65.2. The van der Waals surface area contributed by atoms with Gasteiger partial charge in [-0.3, -0.25) is 14.4 Å². The SMILES string of the molecule is CC/C=C\C/C=C\C/C=C\C/C=C\CCCCCCCCCCC(=O)OCC(COC(=O)CCCCCCCCCCCCCCC)OC(=O)CCCCCCCCCCCCCCC. The maximum atomic E-state index is 12.8. The largest absolute Gasteiger partial charge is 0.462 e. The fourth-order valence-electron chi connectivity index (χ4n) is 8.14. The first-order chi connectivity index (χ1) is 32.0. The standard InChI is InChI=1S/C59H106O6/c1-4-7-10-13-16-19-22-25-26-27-28-29-30-31-32-35-37-40-43-46-49-52-58(61)64-55-56(65-59(62)53-50-47-44-41-38-34-24-21-18-15-12-9-6-3)54-63-57(60)51-48-45-42-39-36-33-23-20-17-14-11-8-5-2/h7,10,16,19,25-26,28-29,56H,4-6,8-9,11-15,17-18,20-24,27,30-55H2,1-3H3/b10-7-,19-16-,26-25-,29-28-. The zero-order valence-corrected chi connectivity index (χ0v) is 43.3. The fraction of sp³-hybridized carbons (Fsp3) is 0.814. The van der Waals surface area contributed by atoms with Crippen LogP contribution in [0.15, 0.2) is 48.6 Å². The maximum Gasteiger partial charge on any atom is 0.306 e. The van der Waals surface area contributed by atoms with E-state index in [1.165, 1.54) is 161 Å². The molecule has 0 saturated carbocycles. The Hall–Kier alpha value is -2.63. The first-order valence-corrected chi connectivity index (χ1v) is 28.1. The number of hydrogen-bond donors (Lipinski definition) is 0. The van der Waals surface area contributed by atoms with Crippen LogP contribution in [0.5, 0.6) is 0 Å². The quantitative estimate of drug-likeness (QED) is 0.0262. The van der Waals surface area contributed by atoms with Crippen molar-refractivity contribution in [3.8, 4) is 0 Å². The minimum Gasteiger partial charge on any atom is -0.462 e. The highest BCUT2D eigenvalue weighted by molar-refractivity contribution is 5.71. The summed E-state index contributed by atoms with van der Waals surface area (Å²) in [6.45, 7) is 6.55. The molecule has 0 aromatic carbocycles. The third-order valence-corrected chi connectivity index (χ3v) is 12.3. The molecule has 0 rings (SSSR count). The summed E-state index contributed by atoms with van der Waals surface area (Å²) in [4.78, 5) is 38.1. The van der Waals surface area contributed by atoms with Crippen molar-refractivity contribution in [3.05, 3.63) is 48.6 Å². The topological polar surface area (TPSA) is 78.9 Å². The molecule has 0 aliphatic heterocycles. The van der Waals surface area contributed by atoms with Crippen molar-refractivity contribution in [1.29, 1.82) is 0 Å². The first kappa shape index (κ1) is 62.4. The van der Waals surface area contributed by atoms with Crippen molar-refractivity contribution >= 4 is 17.9 Å². The zero-order valence-electron chi connectivity index (χ0n) is 43.3. The number of hydrogen-bond acceptors (Lipinski definition) is 6. The van der Waals surface area contributed by atoms with Crippen LogP contribution in [0.4, 0.5) is 0 Å². The Labute approximate surface area is 403 Å². The number of rotatable bonds is 51. The minimum absolute atomic E-state index is 0.0711. The van der Waals surface area contributed by atoms with Gasteiger partial charge in [0.05, 0.1) is 0 Å². The average Bonchev–Trinajstić information content (AvgIpc) is 3.30. The average molecular weight is 911 g/mol. The van der Waals surface area contributed by atoms with Crippen molar-refractivity contribution in [2.24, 2.45) is 0 Å². The van der Waals surface area contributed by atoms with Crippen molar-refractivity contribution in [2.75, 3.05) is 13.2 Å². The molecule has 0 saturated heterocycles. The molecule has 0 N–H and O–H groups in total. The molecule has 0 aliphatic carbocycles. The van der Waals surface area contributed by atoms with E-state index in [0.29, 0.717) is 19.3 Å². The highest BCUT2D eigenvalue weighted by Gasteiger charge is 2.19. The van der Waals surface area contributed by atoms with Crippen molar-refractivity contribution in [3.63, 3.8) is 0 Å². The summed E-state index contributed by atoms with van der Waals surface area (Å²) in [5, 5.41) is 0. The molecule has 6 nitrogen and oxygen atoms in total. The highest BCUT2D eigenvalue weighted by atomic mass is 16.6. The molecule has 0 spiro atoms. The molecule has 0 amide bonds. The van der Waals surface area contributed by atoms with E-state index < -0.39 is 6.10 Å². The molecular formula is C59H106O6. The number of carbonyl (C=O) groups excluding carboxylic acids is 3. The van der Waals surface area contributed by atoms with E-state index in [9.17, 15) is 14.4 Å². The number of carbonyl (C=O) groups is 3.